The normalized spacial score (nSPS) is 17.0. The first-order chi connectivity index (χ1) is 19.1. The molecule has 0 aromatic heterocycles. The average Bonchev–Trinajstić information content (AvgIpc) is 3.00. The number of anilines is 1. The van der Waals surface area contributed by atoms with E-state index in [4.69, 9.17) is 17.3 Å². The smallest absolute Gasteiger partial charge is 0.369 e. The molecule has 3 amide bonds. The van der Waals surface area contributed by atoms with Crippen molar-refractivity contribution >= 4 is 40.7 Å². The number of nitrogens with one attached hydrogen (secondary N) is 2. The molecule has 41 heavy (non-hydrogen) atoms. The maximum atomic E-state index is 13.3. The number of alkyl halides is 6. The molecule has 1 heterocycles. The fourth-order valence-electron chi connectivity index (χ4n) is 4.59. The van der Waals surface area contributed by atoms with E-state index in [2.05, 4.69) is 15.6 Å². The van der Waals surface area contributed by atoms with Gasteiger partial charge in [-0.3, -0.25) is 14.4 Å². The minimum Gasteiger partial charge on any atom is -0.369 e. The SMILES string of the molecule is CCc1cccc2c1NC(=O)[C@@H](NC(=O)[C@H](CCC(F)(F)F)[C@H](CCC(F)(F)F)C(N)=O)N=C2c1cccc(Cl)c1. The lowest BCUT2D eigenvalue weighted by Gasteiger charge is -2.26. The van der Waals surface area contributed by atoms with Crippen molar-refractivity contribution in [1.82, 2.24) is 5.32 Å². The van der Waals surface area contributed by atoms with Gasteiger partial charge in [0.25, 0.3) is 5.91 Å². The van der Waals surface area contributed by atoms with Crippen LogP contribution in [0.15, 0.2) is 47.5 Å². The number of aliphatic imine (C=N–C) groups is 1. The van der Waals surface area contributed by atoms with E-state index in [0.717, 1.165) is 5.56 Å². The lowest BCUT2D eigenvalue weighted by molar-refractivity contribution is -0.152. The molecule has 1 aliphatic heterocycles. The Morgan fingerprint density at radius 3 is 2.20 bits per heavy atom. The van der Waals surface area contributed by atoms with Crippen molar-refractivity contribution in [3.63, 3.8) is 0 Å². The number of nitrogens with zero attached hydrogens (tertiary/aromatic N) is 1. The van der Waals surface area contributed by atoms with Crippen molar-refractivity contribution < 1.29 is 40.7 Å². The third-order valence-electron chi connectivity index (χ3n) is 6.58. The predicted molar refractivity (Wildman–Crippen MR) is 140 cm³/mol. The van der Waals surface area contributed by atoms with Crippen molar-refractivity contribution in [3.05, 3.63) is 64.2 Å². The third-order valence-corrected chi connectivity index (χ3v) is 6.82. The summed E-state index contributed by atoms with van der Waals surface area (Å²) in [6.45, 7) is 1.85. The van der Waals surface area contributed by atoms with Crippen LogP contribution < -0.4 is 16.4 Å². The number of halogens is 7. The fourth-order valence-corrected chi connectivity index (χ4v) is 4.78. The highest BCUT2D eigenvalue weighted by Crippen LogP contribution is 2.33. The highest BCUT2D eigenvalue weighted by atomic mass is 35.5. The molecule has 0 saturated carbocycles. The van der Waals surface area contributed by atoms with Gasteiger partial charge in [0.1, 0.15) is 0 Å². The molecule has 0 saturated heterocycles. The van der Waals surface area contributed by atoms with Crippen molar-refractivity contribution in [2.75, 3.05) is 5.32 Å². The molecule has 0 aliphatic carbocycles. The monoisotopic (exact) mass is 604 g/mol. The van der Waals surface area contributed by atoms with Gasteiger partial charge in [-0.15, -0.1) is 0 Å². The maximum absolute atomic E-state index is 13.3. The Morgan fingerprint density at radius 1 is 1.02 bits per heavy atom. The number of benzene rings is 2. The minimum atomic E-state index is -4.78. The first-order valence-corrected chi connectivity index (χ1v) is 13.0. The quantitative estimate of drug-likeness (QED) is 0.310. The van der Waals surface area contributed by atoms with E-state index in [1.165, 1.54) is 0 Å². The Morgan fingerprint density at radius 2 is 1.63 bits per heavy atom. The Labute approximate surface area is 236 Å². The number of hydrogen-bond donors (Lipinski definition) is 3. The summed E-state index contributed by atoms with van der Waals surface area (Å²) in [5.74, 6) is -7.28. The minimum absolute atomic E-state index is 0.219. The standard InChI is InChI=1S/C27H27ClF6N4O3/c1-2-14-5-4-8-19-20(14)37-25(41)23(36-21(19)15-6-3-7-16(28)13-15)38-24(40)18(10-12-27(32,33)34)17(22(35)39)9-11-26(29,30)31/h3-8,13,17-18,23H,2,9-12H2,1H3,(H2,35,39)(H,37,41)(H,38,40)/t17-,18+,23+/m0/s1. The van der Waals surface area contributed by atoms with Gasteiger partial charge in [-0.05, 0) is 37.0 Å². The molecule has 3 rings (SSSR count). The van der Waals surface area contributed by atoms with Crippen LogP contribution in [0.2, 0.25) is 5.02 Å². The lowest BCUT2D eigenvalue weighted by Crippen LogP contribution is -2.48. The summed E-state index contributed by atoms with van der Waals surface area (Å²) >= 11 is 6.16. The molecule has 4 N–H and O–H groups in total. The van der Waals surface area contributed by atoms with E-state index in [1.54, 1.807) is 42.5 Å². The van der Waals surface area contributed by atoms with E-state index < -0.39 is 73.8 Å². The lowest BCUT2D eigenvalue weighted by atomic mass is 9.83. The molecule has 0 radical (unpaired) electrons. The number of aryl methyl sites for hydroxylation is 1. The van der Waals surface area contributed by atoms with Crippen molar-refractivity contribution in [2.24, 2.45) is 22.6 Å². The van der Waals surface area contributed by atoms with Gasteiger partial charge in [0.2, 0.25) is 18.0 Å². The number of carbonyl (C=O) groups is 3. The topological polar surface area (TPSA) is 114 Å². The summed E-state index contributed by atoms with van der Waals surface area (Å²) in [7, 11) is 0. The Hall–Kier alpha value is -3.61. The van der Waals surface area contributed by atoms with Gasteiger partial charge >= 0.3 is 12.4 Å². The zero-order chi connectivity index (χ0) is 30.5. The van der Waals surface area contributed by atoms with Crippen LogP contribution in [0.4, 0.5) is 32.0 Å². The number of fused-ring (bicyclic) bond motifs is 1. The number of benzodiazepines with no additional fused rings is 1. The average molecular weight is 605 g/mol. The number of nitrogens with two attached hydrogens (primary N) is 1. The Bertz CT molecular complexity index is 1330. The molecule has 0 spiro atoms. The van der Waals surface area contributed by atoms with E-state index in [-0.39, 0.29) is 5.71 Å². The molecule has 1 aliphatic rings. The van der Waals surface area contributed by atoms with Crippen LogP contribution in [0.1, 0.15) is 49.3 Å². The molecule has 0 fully saturated rings. The van der Waals surface area contributed by atoms with E-state index >= 15 is 0 Å². The Balaban J connectivity index is 2.04. The summed E-state index contributed by atoms with van der Waals surface area (Å²) in [5.41, 5.74) is 7.51. The summed E-state index contributed by atoms with van der Waals surface area (Å²) in [6, 6.07) is 11.6. The summed E-state index contributed by atoms with van der Waals surface area (Å²) in [5, 5.41) is 5.26. The van der Waals surface area contributed by atoms with Gasteiger partial charge in [0.15, 0.2) is 0 Å². The van der Waals surface area contributed by atoms with Gasteiger partial charge in [-0.1, -0.05) is 48.9 Å². The zero-order valence-electron chi connectivity index (χ0n) is 21.7. The molecule has 0 unspecified atom stereocenters. The molecule has 222 valence electrons. The fraction of sp³-hybridized carbons (Fsp3) is 0.407. The largest absolute Gasteiger partial charge is 0.389 e. The van der Waals surface area contributed by atoms with Crippen molar-refractivity contribution in [2.45, 2.75) is 57.5 Å². The van der Waals surface area contributed by atoms with Crippen LogP contribution in [0.25, 0.3) is 0 Å². The van der Waals surface area contributed by atoms with Gasteiger partial charge in [0, 0.05) is 40.8 Å². The molecule has 7 nitrogen and oxygen atoms in total. The highest BCUT2D eigenvalue weighted by molar-refractivity contribution is 6.31. The maximum Gasteiger partial charge on any atom is 0.389 e. The van der Waals surface area contributed by atoms with E-state index in [1.807, 2.05) is 6.92 Å². The van der Waals surface area contributed by atoms with Gasteiger partial charge in [0.05, 0.1) is 11.4 Å². The summed E-state index contributed by atoms with van der Waals surface area (Å²) in [6.07, 6.45) is -15.9. The Kier molecular flexibility index (Phi) is 10.1. The second kappa shape index (κ2) is 12.9. The van der Waals surface area contributed by atoms with Gasteiger partial charge in [-0.2, -0.15) is 26.3 Å². The molecule has 2 aromatic carbocycles. The number of amides is 3. The number of hydrogen-bond acceptors (Lipinski definition) is 4. The van der Waals surface area contributed by atoms with Gasteiger partial charge < -0.3 is 16.4 Å². The summed E-state index contributed by atoms with van der Waals surface area (Å²) in [4.78, 5) is 43.0. The molecule has 2 aromatic rings. The second-order valence-electron chi connectivity index (χ2n) is 9.50. The first kappa shape index (κ1) is 31.9. The number of primary amides is 1. The first-order valence-electron chi connectivity index (χ1n) is 12.6. The molecule has 3 atom stereocenters. The van der Waals surface area contributed by atoms with Crippen LogP contribution in [-0.4, -0.2) is 42.0 Å². The molecular formula is C27H27ClF6N4O3. The zero-order valence-corrected chi connectivity index (χ0v) is 22.5. The molecule has 0 bridgehead atoms. The number of carbonyl (C=O) groups excluding carboxylic acids is 3. The number of rotatable bonds is 10. The molecular weight excluding hydrogens is 578 g/mol. The van der Waals surface area contributed by atoms with Crippen molar-refractivity contribution in [3.8, 4) is 0 Å². The van der Waals surface area contributed by atoms with Crippen LogP contribution >= 0.6 is 11.6 Å². The van der Waals surface area contributed by atoms with Crippen molar-refractivity contribution in [1.29, 1.82) is 0 Å². The third kappa shape index (κ3) is 8.69. The highest BCUT2D eigenvalue weighted by Gasteiger charge is 2.40. The molecule has 14 heteroatoms. The van der Waals surface area contributed by atoms with Gasteiger partial charge in [-0.25, -0.2) is 4.99 Å². The van der Waals surface area contributed by atoms with E-state index in [9.17, 15) is 40.7 Å². The number of para-hydroxylation sites is 1. The van der Waals surface area contributed by atoms with Crippen LogP contribution in [0, 0.1) is 11.8 Å². The summed E-state index contributed by atoms with van der Waals surface area (Å²) < 4.78 is 77.9. The van der Waals surface area contributed by atoms with Crippen LogP contribution in [0.3, 0.4) is 0 Å². The van der Waals surface area contributed by atoms with Crippen LogP contribution in [-0.2, 0) is 20.8 Å². The van der Waals surface area contributed by atoms with Crippen LogP contribution in [0.5, 0.6) is 0 Å². The van der Waals surface area contributed by atoms with E-state index in [0.29, 0.717) is 28.3 Å². The second-order valence-corrected chi connectivity index (χ2v) is 9.94. The predicted octanol–water partition coefficient (Wildman–Crippen LogP) is 5.54.